The third-order valence-corrected chi connectivity index (χ3v) is 3.55. The van der Waals surface area contributed by atoms with Gasteiger partial charge < -0.3 is 9.47 Å². The number of carbonyl (C=O) groups excluding carboxylic acids is 2. The molecular weight excluding hydrogens is 323 g/mol. The van der Waals surface area contributed by atoms with E-state index in [1.807, 2.05) is 12.1 Å². The number of methoxy groups -OCH3 is 1. The number of hydrogen-bond donors (Lipinski definition) is 0. The molecule has 0 aliphatic heterocycles. The maximum Gasteiger partial charge on any atom is 0.345 e. The zero-order valence-corrected chi connectivity index (χ0v) is 14.1. The molecular formula is C20H19FO4. The van der Waals surface area contributed by atoms with E-state index in [1.54, 1.807) is 55.5 Å². The van der Waals surface area contributed by atoms with Crippen molar-refractivity contribution in [2.24, 2.45) is 0 Å². The molecule has 5 heteroatoms. The average molecular weight is 342 g/mol. The normalized spacial score (nSPS) is 11.3. The van der Waals surface area contributed by atoms with Crippen LogP contribution in [0.4, 0.5) is 4.39 Å². The molecule has 0 aromatic heterocycles. The predicted molar refractivity (Wildman–Crippen MR) is 92.5 cm³/mol. The molecule has 2 rings (SSSR count). The molecule has 0 N–H and O–H groups in total. The molecule has 1 atom stereocenters. The molecule has 2 aromatic carbocycles. The number of halogens is 1. The molecule has 0 aliphatic carbocycles. The highest BCUT2D eigenvalue weighted by molar-refractivity contribution is 6.07. The summed E-state index contributed by atoms with van der Waals surface area (Å²) in [6.45, 7) is 1.68. The Labute approximate surface area is 145 Å². The Morgan fingerprint density at radius 2 is 1.44 bits per heavy atom. The van der Waals surface area contributed by atoms with Crippen molar-refractivity contribution in [1.29, 1.82) is 0 Å². The van der Waals surface area contributed by atoms with Gasteiger partial charge in [-0.15, -0.1) is 0 Å². The van der Waals surface area contributed by atoms with E-state index in [1.165, 1.54) is 0 Å². The molecule has 0 aliphatic rings. The van der Waals surface area contributed by atoms with E-state index in [0.717, 1.165) is 7.11 Å². The van der Waals surface area contributed by atoms with Crippen molar-refractivity contribution in [2.45, 2.75) is 13.1 Å². The van der Waals surface area contributed by atoms with Gasteiger partial charge in [-0.1, -0.05) is 60.7 Å². The van der Waals surface area contributed by atoms with Crippen molar-refractivity contribution in [2.75, 3.05) is 13.7 Å². The summed E-state index contributed by atoms with van der Waals surface area (Å²) in [6, 6.07) is 17.7. The smallest absolute Gasteiger partial charge is 0.345 e. The Morgan fingerprint density at radius 1 is 0.960 bits per heavy atom. The standard InChI is InChI=1S/C20H19FO4/c1-3-25-19(22)17(18(21)20(23)24-2)16(14-10-6-4-7-11-14)15-12-8-5-9-13-15/h4-13,18H,3H2,1-2H3/t18-/m1/s1. The number of rotatable bonds is 6. The Bertz CT molecular complexity index is 712. The monoisotopic (exact) mass is 342 g/mol. The van der Waals surface area contributed by atoms with E-state index in [9.17, 15) is 14.0 Å². The molecule has 25 heavy (non-hydrogen) atoms. The molecule has 0 saturated carbocycles. The molecule has 0 amide bonds. The molecule has 0 fully saturated rings. The first-order chi connectivity index (χ1) is 12.1. The van der Waals surface area contributed by atoms with Crippen molar-refractivity contribution in [3.05, 3.63) is 77.4 Å². The van der Waals surface area contributed by atoms with Crippen LogP contribution < -0.4 is 0 Å². The quantitative estimate of drug-likeness (QED) is 0.595. The van der Waals surface area contributed by atoms with Gasteiger partial charge in [0.05, 0.1) is 19.3 Å². The zero-order valence-electron chi connectivity index (χ0n) is 14.1. The largest absolute Gasteiger partial charge is 0.467 e. The number of carbonyl (C=O) groups is 2. The first-order valence-electron chi connectivity index (χ1n) is 7.84. The second-order valence-corrected chi connectivity index (χ2v) is 5.13. The summed E-state index contributed by atoms with van der Waals surface area (Å²) in [5, 5.41) is 0. The Kier molecular flexibility index (Phi) is 6.46. The summed E-state index contributed by atoms with van der Waals surface area (Å²) in [7, 11) is 1.07. The summed E-state index contributed by atoms with van der Waals surface area (Å²) >= 11 is 0. The predicted octanol–water partition coefficient (Wildman–Crippen LogP) is 3.56. The minimum absolute atomic E-state index is 0.0626. The van der Waals surface area contributed by atoms with Crippen molar-refractivity contribution in [3.63, 3.8) is 0 Å². The van der Waals surface area contributed by atoms with E-state index in [4.69, 9.17) is 4.74 Å². The molecule has 130 valence electrons. The zero-order chi connectivity index (χ0) is 18.2. The van der Waals surface area contributed by atoms with Crippen LogP contribution in [0.25, 0.3) is 5.57 Å². The lowest BCUT2D eigenvalue weighted by atomic mass is 9.91. The summed E-state index contributed by atoms with van der Waals surface area (Å²) in [6.07, 6.45) is -2.25. The van der Waals surface area contributed by atoms with Crippen molar-refractivity contribution in [1.82, 2.24) is 0 Å². The third kappa shape index (κ3) is 4.32. The van der Waals surface area contributed by atoms with Crippen molar-refractivity contribution >= 4 is 17.5 Å². The van der Waals surface area contributed by atoms with E-state index < -0.39 is 18.1 Å². The second-order valence-electron chi connectivity index (χ2n) is 5.13. The van der Waals surface area contributed by atoms with Gasteiger partial charge in [0.15, 0.2) is 0 Å². The van der Waals surface area contributed by atoms with Crippen LogP contribution in [0.15, 0.2) is 66.2 Å². The molecule has 0 radical (unpaired) electrons. The number of hydrogen-bond acceptors (Lipinski definition) is 4. The highest BCUT2D eigenvalue weighted by Crippen LogP contribution is 2.30. The molecule has 4 nitrogen and oxygen atoms in total. The van der Waals surface area contributed by atoms with Gasteiger partial charge in [-0.2, -0.15) is 0 Å². The van der Waals surface area contributed by atoms with Crippen LogP contribution in [0.1, 0.15) is 18.1 Å². The first kappa shape index (κ1) is 18.4. The van der Waals surface area contributed by atoms with Crippen LogP contribution in [0.2, 0.25) is 0 Å². The number of alkyl halides is 1. The molecule has 0 heterocycles. The molecule has 2 aromatic rings. The lowest BCUT2D eigenvalue weighted by Crippen LogP contribution is -2.27. The Hall–Kier alpha value is -2.95. The molecule has 0 bridgehead atoms. The van der Waals surface area contributed by atoms with Gasteiger partial charge in [0, 0.05) is 5.57 Å². The summed E-state index contributed by atoms with van der Waals surface area (Å²) in [4.78, 5) is 24.3. The van der Waals surface area contributed by atoms with Gasteiger partial charge in [-0.25, -0.2) is 14.0 Å². The van der Waals surface area contributed by atoms with Gasteiger partial charge in [0.2, 0.25) is 6.17 Å². The van der Waals surface area contributed by atoms with Crippen molar-refractivity contribution in [3.8, 4) is 0 Å². The van der Waals surface area contributed by atoms with Gasteiger partial charge in [0.25, 0.3) is 0 Å². The summed E-state index contributed by atoms with van der Waals surface area (Å²) < 4.78 is 24.3. The minimum atomic E-state index is -2.25. The van der Waals surface area contributed by atoms with Gasteiger partial charge in [-0.05, 0) is 18.1 Å². The fraction of sp³-hybridized carbons (Fsp3) is 0.200. The first-order valence-corrected chi connectivity index (χ1v) is 7.84. The van der Waals surface area contributed by atoms with E-state index >= 15 is 0 Å². The molecule has 0 spiro atoms. The number of ether oxygens (including phenoxy) is 2. The highest BCUT2D eigenvalue weighted by Gasteiger charge is 2.33. The highest BCUT2D eigenvalue weighted by atomic mass is 19.1. The van der Waals surface area contributed by atoms with Crippen LogP contribution in [0.3, 0.4) is 0 Å². The van der Waals surface area contributed by atoms with E-state index in [2.05, 4.69) is 4.74 Å². The van der Waals surface area contributed by atoms with Gasteiger partial charge in [0.1, 0.15) is 0 Å². The van der Waals surface area contributed by atoms with Crippen LogP contribution in [-0.2, 0) is 19.1 Å². The number of esters is 2. The second kappa shape index (κ2) is 8.78. The van der Waals surface area contributed by atoms with Gasteiger partial charge in [-0.3, -0.25) is 0 Å². The van der Waals surface area contributed by atoms with E-state index in [0.29, 0.717) is 16.7 Å². The molecule has 0 unspecified atom stereocenters. The average Bonchev–Trinajstić information content (AvgIpc) is 2.66. The maximum absolute atomic E-state index is 14.8. The fourth-order valence-electron chi connectivity index (χ4n) is 2.45. The lowest BCUT2D eigenvalue weighted by Gasteiger charge is -2.17. The van der Waals surface area contributed by atoms with Gasteiger partial charge >= 0.3 is 11.9 Å². The van der Waals surface area contributed by atoms with Crippen LogP contribution >= 0.6 is 0 Å². The van der Waals surface area contributed by atoms with Crippen LogP contribution in [0, 0.1) is 0 Å². The maximum atomic E-state index is 14.8. The topological polar surface area (TPSA) is 52.6 Å². The Balaban J connectivity index is 2.76. The van der Waals surface area contributed by atoms with Crippen LogP contribution in [-0.4, -0.2) is 31.8 Å². The third-order valence-electron chi connectivity index (χ3n) is 3.55. The SMILES string of the molecule is CCOC(=O)C(=C(c1ccccc1)c1ccccc1)[C@@H](F)C(=O)OC. The van der Waals surface area contributed by atoms with Crippen LogP contribution in [0.5, 0.6) is 0 Å². The lowest BCUT2D eigenvalue weighted by molar-refractivity contribution is -0.148. The number of benzene rings is 2. The van der Waals surface area contributed by atoms with E-state index in [-0.39, 0.29) is 12.2 Å². The fourth-order valence-corrected chi connectivity index (χ4v) is 2.45. The Morgan fingerprint density at radius 3 is 1.84 bits per heavy atom. The summed E-state index contributed by atoms with van der Waals surface area (Å²) in [5.41, 5.74) is 1.13. The summed E-state index contributed by atoms with van der Waals surface area (Å²) in [5.74, 6) is -2.03. The van der Waals surface area contributed by atoms with Crippen molar-refractivity contribution < 1.29 is 23.5 Å². The minimum Gasteiger partial charge on any atom is -0.467 e. The molecule has 0 saturated heterocycles.